The maximum absolute atomic E-state index is 9.70. The SMILES string of the molecule is COc1cc2nncc(C(C#N)c3ccc(Cl)cc3)c2cc1OC. The van der Waals surface area contributed by atoms with Gasteiger partial charge in [0.1, 0.15) is 0 Å². The highest BCUT2D eigenvalue weighted by atomic mass is 35.5. The summed E-state index contributed by atoms with van der Waals surface area (Å²) < 4.78 is 10.7. The molecule has 0 aliphatic carbocycles. The van der Waals surface area contributed by atoms with E-state index < -0.39 is 5.92 Å². The van der Waals surface area contributed by atoms with E-state index in [9.17, 15) is 5.26 Å². The van der Waals surface area contributed by atoms with Gasteiger partial charge in [-0.1, -0.05) is 23.7 Å². The van der Waals surface area contributed by atoms with Gasteiger partial charge in [0.15, 0.2) is 11.5 Å². The first-order valence-corrected chi connectivity index (χ1v) is 7.58. The van der Waals surface area contributed by atoms with Crippen LogP contribution in [-0.2, 0) is 0 Å². The van der Waals surface area contributed by atoms with Crippen molar-refractivity contribution in [3.05, 3.63) is 58.7 Å². The van der Waals surface area contributed by atoms with Crippen molar-refractivity contribution in [1.29, 1.82) is 5.26 Å². The summed E-state index contributed by atoms with van der Waals surface area (Å²) in [5.41, 5.74) is 2.23. The van der Waals surface area contributed by atoms with E-state index in [1.807, 2.05) is 18.2 Å². The first kappa shape index (κ1) is 16.0. The maximum Gasteiger partial charge on any atom is 0.162 e. The topological polar surface area (TPSA) is 68.0 Å². The van der Waals surface area contributed by atoms with E-state index in [4.69, 9.17) is 21.1 Å². The minimum absolute atomic E-state index is 0.488. The molecule has 120 valence electrons. The molecule has 24 heavy (non-hydrogen) atoms. The van der Waals surface area contributed by atoms with Gasteiger partial charge in [-0.3, -0.25) is 0 Å². The number of hydrogen-bond acceptors (Lipinski definition) is 5. The average molecular weight is 340 g/mol. The Labute approximate surface area is 144 Å². The molecule has 0 bridgehead atoms. The van der Waals surface area contributed by atoms with Crippen molar-refractivity contribution in [2.24, 2.45) is 0 Å². The number of methoxy groups -OCH3 is 2. The number of fused-ring (bicyclic) bond motifs is 1. The van der Waals surface area contributed by atoms with E-state index in [0.717, 1.165) is 16.5 Å². The van der Waals surface area contributed by atoms with E-state index >= 15 is 0 Å². The van der Waals surface area contributed by atoms with Crippen LogP contribution in [0.4, 0.5) is 0 Å². The summed E-state index contributed by atoms with van der Waals surface area (Å²) in [4.78, 5) is 0. The quantitative estimate of drug-likeness (QED) is 0.719. The molecule has 0 saturated heterocycles. The lowest BCUT2D eigenvalue weighted by Crippen LogP contribution is -2.02. The first-order chi connectivity index (χ1) is 11.7. The summed E-state index contributed by atoms with van der Waals surface area (Å²) in [5.74, 6) is 0.655. The highest BCUT2D eigenvalue weighted by molar-refractivity contribution is 6.30. The van der Waals surface area contributed by atoms with Crippen LogP contribution in [-0.4, -0.2) is 24.4 Å². The molecule has 2 aromatic carbocycles. The molecule has 0 radical (unpaired) electrons. The highest BCUT2D eigenvalue weighted by Crippen LogP contribution is 2.36. The summed E-state index contributed by atoms with van der Waals surface area (Å²) in [6.07, 6.45) is 1.61. The normalized spacial score (nSPS) is 11.8. The Morgan fingerprint density at radius 3 is 2.38 bits per heavy atom. The summed E-state index contributed by atoms with van der Waals surface area (Å²) in [5, 5.41) is 19.3. The summed E-state index contributed by atoms with van der Waals surface area (Å²) in [6, 6.07) is 13.1. The molecule has 3 aromatic rings. The van der Waals surface area contributed by atoms with Crippen molar-refractivity contribution in [2.45, 2.75) is 5.92 Å². The second kappa shape index (κ2) is 6.73. The largest absolute Gasteiger partial charge is 0.493 e. The van der Waals surface area contributed by atoms with E-state index in [-0.39, 0.29) is 0 Å². The number of benzene rings is 2. The molecule has 0 amide bonds. The zero-order valence-electron chi connectivity index (χ0n) is 13.2. The van der Waals surface area contributed by atoms with Crippen LogP contribution in [0.3, 0.4) is 0 Å². The average Bonchev–Trinajstić information content (AvgIpc) is 2.62. The Morgan fingerprint density at radius 2 is 1.75 bits per heavy atom. The zero-order valence-corrected chi connectivity index (χ0v) is 13.9. The molecular formula is C18H14ClN3O2. The number of nitriles is 1. The third-order valence-electron chi connectivity index (χ3n) is 3.82. The lowest BCUT2D eigenvalue weighted by atomic mass is 9.91. The minimum atomic E-state index is -0.488. The second-order valence-corrected chi connectivity index (χ2v) is 5.57. The highest BCUT2D eigenvalue weighted by Gasteiger charge is 2.19. The summed E-state index contributed by atoms with van der Waals surface area (Å²) >= 11 is 5.94. The van der Waals surface area contributed by atoms with Crippen LogP contribution in [0.15, 0.2) is 42.6 Å². The van der Waals surface area contributed by atoms with Crippen LogP contribution in [0.1, 0.15) is 17.0 Å². The van der Waals surface area contributed by atoms with Gasteiger partial charge in [-0.2, -0.15) is 15.5 Å². The fourth-order valence-corrected chi connectivity index (χ4v) is 2.74. The van der Waals surface area contributed by atoms with Crippen LogP contribution < -0.4 is 9.47 Å². The van der Waals surface area contributed by atoms with Gasteiger partial charge < -0.3 is 9.47 Å². The standard InChI is InChI=1S/C18H14ClN3O2/c1-23-17-7-13-15(10-21-22-16(13)8-18(17)24-2)14(9-20)11-3-5-12(19)6-4-11/h3-8,10,14H,1-2H3. The number of halogens is 1. The van der Waals surface area contributed by atoms with Gasteiger partial charge in [-0.25, -0.2) is 0 Å². The number of ether oxygens (including phenoxy) is 2. The molecule has 0 N–H and O–H groups in total. The monoisotopic (exact) mass is 339 g/mol. The molecule has 0 fully saturated rings. The molecule has 1 heterocycles. The van der Waals surface area contributed by atoms with Gasteiger partial charge in [0, 0.05) is 22.0 Å². The molecule has 0 saturated carbocycles. The first-order valence-electron chi connectivity index (χ1n) is 7.20. The van der Waals surface area contributed by atoms with Gasteiger partial charge in [0.2, 0.25) is 0 Å². The van der Waals surface area contributed by atoms with E-state index in [1.54, 1.807) is 38.6 Å². The van der Waals surface area contributed by atoms with Crippen molar-refractivity contribution in [3.63, 3.8) is 0 Å². The Kier molecular flexibility index (Phi) is 4.50. The minimum Gasteiger partial charge on any atom is -0.493 e. The molecule has 5 nitrogen and oxygen atoms in total. The van der Waals surface area contributed by atoms with E-state index in [0.29, 0.717) is 22.0 Å². The van der Waals surface area contributed by atoms with Crippen LogP contribution in [0.25, 0.3) is 10.9 Å². The lowest BCUT2D eigenvalue weighted by molar-refractivity contribution is 0.355. The number of aromatic nitrogens is 2. The van der Waals surface area contributed by atoms with Gasteiger partial charge in [-0.15, -0.1) is 0 Å². The van der Waals surface area contributed by atoms with Gasteiger partial charge in [0.25, 0.3) is 0 Å². The third-order valence-corrected chi connectivity index (χ3v) is 4.07. The van der Waals surface area contributed by atoms with Crippen LogP contribution in [0.2, 0.25) is 5.02 Å². The molecule has 0 aliphatic rings. The van der Waals surface area contributed by atoms with Crippen molar-refractivity contribution < 1.29 is 9.47 Å². The van der Waals surface area contributed by atoms with Crippen molar-refractivity contribution in [1.82, 2.24) is 10.2 Å². The molecule has 1 atom stereocenters. The molecule has 0 aliphatic heterocycles. The molecule has 1 unspecified atom stereocenters. The Morgan fingerprint density at radius 1 is 1.08 bits per heavy atom. The number of hydrogen-bond donors (Lipinski definition) is 0. The molecular weight excluding hydrogens is 326 g/mol. The van der Waals surface area contributed by atoms with E-state index in [2.05, 4.69) is 16.3 Å². The maximum atomic E-state index is 9.70. The lowest BCUT2D eigenvalue weighted by Gasteiger charge is -2.14. The molecule has 0 spiro atoms. The zero-order chi connectivity index (χ0) is 17.1. The fourth-order valence-electron chi connectivity index (χ4n) is 2.61. The molecule has 6 heteroatoms. The number of rotatable bonds is 4. The predicted molar refractivity (Wildman–Crippen MR) is 91.6 cm³/mol. The number of nitrogens with zero attached hydrogens (tertiary/aromatic N) is 3. The van der Waals surface area contributed by atoms with Crippen LogP contribution >= 0.6 is 11.6 Å². The fraction of sp³-hybridized carbons (Fsp3) is 0.167. The smallest absolute Gasteiger partial charge is 0.162 e. The second-order valence-electron chi connectivity index (χ2n) is 5.14. The van der Waals surface area contributed by atoms with Gasteiger partial charge >= 0.3 is 0 Å². The van der Waals surface area contributed by atoms with Crippen molar-refractivity contribution >= 4 is 22.5 Å². The Hall–Kier alpha value is -2.84. The van der Waals surface area contributed by atoms with Crippen molar-refractivity contribution in [2.75, 3.05) is 14.2 Å². The summed E-state index contributed by atoms with van der Waals surface area (Å²) in [7, 11) is 3.13. The molecule has 3 rings (SSSR count). The predicted octanol–water partition coefficient (Wildman–Crippen LogP) is 3.96. The van der Waals surface area contributed by atoms with Crippen LogP contribution in [0, 0.1) is 11.3 Å². The Balaban J connectivity index is 2.21. The van der Waals surface area contributed by atoms with Crippen LogP contribution in [0.5, 0.6) is 11.5 Å². The van der Waals surface area contributed by atoms with Crippen molar-refractivity contribution in [3.8, 4) is 17.6 Å². The molecule has 1 aromatic heterocycles. The Bertz CT molecular complexity index is 920. The summed E-state index contributed by atoms with van der Waals surface area (Å²) in [6.45, 7) is 0. The van der Waals surface area contributed by atoms with Gasteiger partial charge in [-0.05, 0) is 23.8 Å². The van der Waals surface area contributed by atoms with E-state index in [1.165, 1.54) is 0 Å². The van der Waals surface area contributed by atoms with Gasteiger partial charge in [0.05, 0.1) is 37.9 Å². The third kappa shape index (κ3) is 2.84.